The second kappa shape index (κ2) is 4.74. The summed E-state index contributed by atoms with van der Waals surface area (Å²) in [5, 5.41) is 0. The maximum atomic E-state index is 2.98. The van der Waals surface area contributed by atoms with Crippen molar-refractivity contribution in [2.45, 2.75) is 112 Å². The monoisotopic (exact) mass is 475 g/mol. The zero-order chi connectivity index (χ0) is 20.0. The topological polar surface area (TPSA) is 0 Å². The zero-order valence-electron chi connectivity index (χ0n) is 19.6. The molecule has 0 aliphatic heterocycles. The van der Waals surface area contributed by atoms with Gasteiger partial charge in [-0.2, -0.15) is 0 Å². The summed E-state index contributed by atoms with van der Waals surface area (Å²) in [6, 6.07) is 8.67. The van der Waals surface area contributed by atoms with Crippen molar-refractivity contribution in [2.75, 3.05) is 0 Å². The van der Waals surface area contributed by atoms with Crippen molar-refractivity contribution in [2.24, 2.45) is 0 Å². The standard InChI is InChI=1S/2C6H15Si.C5H5.5CH3.Rh.2H/c2*1-4-7(5-2)6-3;1-2-4-5-3-1;;;;;;;;/h2*4-6H2,1-3H3;1-3H,4H2;5*1H3;;;. The fraction of sp³-hybridized carbons (Fsp3) is 0.818. The van der Waals surface area contributed by atoms with Crippen LogP contribution in [0.15, 0.2) is 22.4 Å². The van der Waals surface area contributed by atoms with Crippen molar-refractivity contribution in [3.63, 3.8) is 0 Å². The van der Waals surface area contributed by atoms with E-state index in [9.17, 15) is 0 Å². The summed E-state index contributed by atoms with van der Waals surface area (Å²) in [7, 11) is -4.49. The summed E-state index contributed by atoms with van der Waals surface area (Å²) in [4.78, 5) is 0. The van der Waals surface area contributed by atoms with Gasteiger partial charge in [-0.15, -0.1) is 0 Å². The molecule has 0 aromatic rings. The van der Waals surface area contributed by atoms with Crippen LogP contribution in [0.1, 0.15) is 48.0 Å². The Bertz CT molecular complexity index is 588. The first-order chi connectivity index (χ1) is 11.0. The van der Waals surface area contributed by atoms with Gasteiger partial charge in [0.1, 0.15) is 0 Å². The van der Waals surface area contributed by atoms with E-state index in [0.717, 1.165) is 0 Å². The third-order valence-electron chi connectivity index (χ3n) is 10.8. The van der Waals surface area contributed by atoms with Crippen molar-refractivity contribution in [1.82, 2.24) is 0 Å². The van der Waals surface area contributed by atoms with Crippen LogP contribution in [0.3, 0.4) is 0 Å². The van der Waals surface area contributed by atoms with Gasteiger partial charge < -0.3 is 0 Å². The quantitative estimate of drug-likeness (QED) is 0.292. The summed E-state index contributed by atoms with van der Waals surface area (Å²) in [5.41, 5.74) is 14.9. The van der Waals surface area contributed by atoms with Crippen LogP contribution in [0.2, 0.25) is 63.9 Å². The molecule has 157 valence electrons. The number of hydrogen-bond donors (Lipinski definition) is 0. The van der Waals surface area contributed by atoms with E-state index in [2.05, 4.69) is 87.4 Å². The molecule has 0 unspecified atom stereocenters. The third-order valence-corrected chi connectivity index (χ3v) is 136. The molecule has 1 aliphatic carbocycles. The molecule has 0 N–H and O–H groups in total. The Morgan fingerprint density at radius 1 is 0.680 bits per heavy atom. The summed E-state index contributed by atoms with van der Waals surface area (Å²) < 4.78 is 1.91. The Morgan fingerprint density at radius 2 is 1.00 bits per heavy atom. The Labute approximate surface area is 155 Å². The first-order valence-electron chi connectivity index (χ1n) is 10.5. The van der Waals surface area contributed by atoms with Crippen molar-refractivity contribution in [3.05, 3.63) is 22.4 Å². The molecule has 0 nitrogen and oxygen atoms in total. The van der Waals surface area contributed by atoms with E-state index in [1.807, 2.05) is 4.17 Å². The van der Waals surface area contributed by atoms with Gasteiger partial charge in [0.25, 0.3) is 0 Å². The van der Waals surface area contributed by atoms with Gasteiger partial charge in [-0.1, -0.05) is 0 Å². The number of allylic oxidation sites excluding steroid dienone is 4. The second-order valence-corrected chi connectivity index (χ2v) is 97.4. The fourth-order valence-corrected chi connectivity index (χ4v) is 143. The molecule has 0 aromatic carbocycles. The van der Waals surface area contributed by atoms with Gasteiger partial charge in [0, 0.05) is 0 Å². The molecule has 0 saturated carbocycles. The van der Waals surface area contributed by atoms with Crippen LogP contribution in [0.4, 0.5) is 0 Å². The maximum absolute atomic E-state index is 4.49. The van der Waals surface area contributed by atoms with E-state index in [0.29, 0.717) is 0 Å². The molecule has 0 aromatic heterocycles. The summed E-state index contributed by atoms with van der Waals surface area (Å²) in [6.07, 6.45) is 5.45. The minimum absolute atomic E-state index is 1.22. The fourth-order valence-electron chi connectivity index (χ4n) is 8.51. The average Bonchev–Trinajstić information content (AvgIpc) is 3.06. The molecule has 0 radical (unpaired) electrons. The summed E-state index contributed by atoms with van der Waals surface area (Å²) in [6.45, 7) is 15.4. The van der Waals surface area contributed by atoms with E-state index in [1.54, 1.807) is 0 Å². The molecule has 0 atom stereocenters. The van der Waals surface area contributed by atoms with E-state index >= 15 is 0 Å². The SMILES string of the molecule is CC[Si](CC)(CC)[RhH2]([CH3])([CH3])([CH3])([CH3])([CH3])([C]1=CC=CC1)[Si](CC)(CC)CC. The van der Waals surface area contributed by atoms with Crippen molar-refractivity contribution < 1.29 is 8.68 Å². The molecule has 0 heterocycles. The van der Waals surface area contributed by atoms with E-state index in [1.165, 1.54) is 42.7 Å². The Kier molecular flexibility index (Phi) is 4.47. The number of rotatable bonds is 9. The predicted octanol–water partition coefficient (Wildman–Crippen LogP) is 8.84. The first-order valence-corrected chi connectivity index (χ1v) is 31.3. The average molecular weight is 476 g/mol. The van der Waals surface area contributed by atoms with Gasteiger partial charge in [0.15, 0.2) is 0 Å². The Balaban J connectivity index is 4.53. The molecule has 0 fully saturated rings. The normalized spacial score (nSPS) is 22.6. The first kappa shape index (κ1) is 23.6. The van der Waals surface area contributed by atoms with E-state index in [-0.39, 0.29) is 0 Å². The molecule has 0 spiro atoms. The van der Waals surface area contributed by atoms with Crippen LogP contribution in [0, 0.1) is 0 Å². The van der Waals surface area contributed by atoms with E-state index in [4.69, 9.17) is 0 Å². The van der Waals surface area contributed by atoms with Gasteiger partial charge in [-0.05, 0) is 0 Å². The van der Waals surface area contributed by atoms with Crippen molar-refractivity contribution >= 4 is 12.6 Å². The van der Waals surface area contributed by atoms with Crippen LogP contribution in [-0.2, 0) is 8.68 Å². The Morgan fingerprint density at radius 3 is 1.20 bits per heavy atom. The van der Waals surface area contributed by atoms with Gasteiger partial charge >= 0.3 is 155 Å². The molecular formula is C22H52RhSi2. The van der Waals surface area contributed by atoms with Crippen LogP contribution < -0.4 is 0 Å². The van der Waals surface area contributed by atoms with Crippen LogP contribution in [-0.4, -0.2) is 12.6 Å². The van der Waals surface area contributed by atoms with Crippen LogP contribution in [0.5, 0.6) is 0 Å². The van der Waals surface area contributed by atoms with Crippen molar-refractivity contribution in [1.29, 1.82) is 0 Å². The molecule has 3 heteroatoms. The minimum atomic E-state index is -4.49. The molecular weight excluding hydrogens is 423 g/mol. The summed E-state index contributed by atoms with van der Waals surface area (Å²) >= 11 is 0. The van der Waals surface area contributed by atoms with Crippen molar-refractivity contribution in [3.8, 4) is 0 Å². The molecule has 0 bridgehead atoms. The molecule has 25 heavy (non-hydrogen) atoms. The Hall–Kier alpha value is 0.537. The summed E-state index contributed by atoms with van der Waals surface area (Å²) in [5.74, 6) is 0. The molecule has 1 rings (SSSR count). The molecule has 0 saturated heterocycles. The predicted molar refractivity (Wildman–Crippen MR) is 128 cm³/mol. The molecule has 1 aliphatic rings. The number of hydrogen-bond acceptors (Lipinski definition) is 0. The zero-order valence-corrected chi connectivity index (χ0v) is 23.4. The van der Waals surface area contributed by atoms with E-state index < -0.39 is 21.3 Å². The van der Waals surface area contributed by atoms with Gasteiger partial charge in [-0.3, -0.25) is 0 Å². The van der Waals surface area contributed by atoms with Gasteiger partial charge in [-0.25, -0.2) is 0 Å². The van der Waals surface area contributed by atoms with Crippen LogP contribution in [0.25, 0.3) is 0 Å². The molecule has 0 amide bonds. The van der Waals surface area contributed by atoms with Gasteiger partial charge in [0.2, 0.25) is 0 Å². The van der Waals surface area contributed by atoms with Gasteiger partial charge in [0.05, 0.1) is 0 Å². The third kappa shape index (κ3) is 1.87. The van der Waals surface area contributed by atoms with Crippen LogP contribution >= 0.6 is 0 Å². The second-order valence-electron chi connectivity index (χ2n) is 12.6.